The first-order valence-electron chi connectivity index (χ1n) is 4.56. The molecule has 1 aromatic carbocycles. The Kier molecular flexibility index (Phi) is 1.84. The number of alkyl halides is 1. The Morgan fingerprint density at radius 3 is 2.43 bits per heavy atom. The van der Waals surface area contributed by atoms with Crippen molar-refractivity contribution in [3.8, 4) is 0 Å². The maximum absolute atomic E-state index is 13.8. The topological polar surface area (TPSA) is 20.3 Å². The van der Waals surface area contributed by atoms with Gasteiger partial charge in [0.25, 0.3) is 5.91 Å². The zero-order valence-corrected chi connectivity index (χ0v) is 8.20. The van der Waals surface area contributed by atoms with Crippen molar-refractivity contribution in [2.24, 2.45) is 0 Å². The molecule has 0 unspecified atom stereocenters. The molecule has 1 saturated heterocycles. The van der Waals surface area contributed by atoms with E-state index in [0.717, 1.165) is 5.56 Å². The maximum Gasteiger partial charge on any atom is 0.262 e. The summed E-state index contributed by atoms with van der Waals surface area (Å²) < 4.78 is 13.8. The lowest BCUT2D eigenvalue weighted by molar-refractivity contribution is -0.170. The lowest BCUT2D eigenvalue weighted by atomic mass is 9.82. The van der Waals surface area contributed by atoms with Gasteiger partial charge >= 0.3 is 0 Å². The van der Waals surface area contributed by atoms with Crippen molar-refractivity contribution in [1.82, 2.24) is 4.90 Å². The summed E-state index contributed by atoms with van der Waals surface area (Å²) in [5.41, 5.74) is -0.893. The van der Waals surface area contributed by atoms with Crippen molar-refractivity contribution in [2.45, 2.75) is 18.6 Å². The molecule has 1 aromatic rings. The fraction of sp³-hybridized carbons (Fsp3) is 0.364. The van der Waals surface area contributed by atoms with Crippen molar-refractivity contribution in [3.05, 3.63) is 35.9 Å². The van der Waals surface area contributed by atoms with Gasteiger partial charge in [0.15, 0.2) is 0 Å². The quantitative estimate of drug-likeness (QED) is 0.624. The SMILES string of the molecule is CN1C(=O)[C@](C)(F)[C@@H]1c1ccccc1. The Bertz CT molecular complexity index is 361. The van der Waals surface area contributed by atoms with E-state index in [1.807, 2.05) is 30.3 Å². The van der Waals surface area contributed by atoms with Crippen LogP contribution in [-0.4, -0.2) is 23.5 Å². The highest BCUT2D eigenvalue weighted by Crippen LogP contribution is 2.44. The third-order valence-electron chi connectivity index (χ3n) is 2.75. The molecule has 2 nitrogen and oxygen atoms in total. The van der Waals surface area contributed by atoms with Gasteiger partial charge in [-0.05, 0) is 12.5 Å². The highest BCUT2D eigenvalue weighted by Gasteiger charge is 2.57. The summed E-state index contributed by atoms with van der Waals surface area (Å²) in [5.74, 6) is -0.439. The van der Waals surface area contributed by atoms with Crippen LogP contribution in [0.5, 0.6) is 0 Å². The summed E-state index contributed by atoms with van der Waals surface area (Å²) in [7, 11) is 1.63. The van der Waals surface area contributed by atoms with Crippen LogP contribution in [0, 0.1) is 0 Å². The Balaban J connectivity index is 2.34. The molecule has 0 radical (unpaired) electrons. The average molecular weight is 193 g/mol. The Hall–Kier alpha value is -1.38. The molecule has 0 bridgehead atoms. The first-order valence-corrected chi connectivity index (χ1v) is 4.56. The van der Waals surface area contributed by atoms with Crippen LogP contribution in [0.1, 0.15) is 18.5 Å². The van der Waals surface area contributed by atoms with Crippen molar-refractivity contribution in [3.63, 3.8) is 0 Å². The molecule has 1 heterocycles. The van der Waals surface area contributed by atoms with E-state index < -0.39 is 17.6 Å². The minimum Gasteiger partial charge on any atom is -0.332 e. The van der Waals surface area contributed by atoms with E-state index in [1.165, 1.54) is 11.8 Å². The molecule has 74 valence electrons. The first-order chi connectivity index (χ1) is 6.55. The molecule has 1 fully saturated rings. The van der Waals surface area contributed by atoms with Crippen molar-refractivity contribution < 1.29 is 9.18 Å². The van der Waals surface area contributed by atoms with Gasteiger partial charge in [-0.2, -0.15) is 0 Å². The number of benzene rings is 1. The Morgan fingerprint density at radius 1 is 1.36 bits per heavy atom. The van der Waals surface area contributed by atoms with Gasteiger partial charge in [0.2, 0.25) is 5.67 Å². The molecule has 14 heavy (non-hydrogen) atoms. The number of carbonyl (C=O) groups is 1. The van der Waals surface area contributed by atoms with Crippen LogP contribution in [0.4, 0.5) is 4.39 Å². The lowest BCUT2D eigenvalue weighted by Gasteiger charge is -2.47. The average Bonchev–Trinajstić information content (AvgIpc) is 2.18. The second-order valence-electron chi connectivity index (χ2n) is 3.80. The molecule has 0 aliphatic carbocycles. The molecule has 0 spiro atoms. The summed E-state index contributed by atoms with van der Waals surface area (Å²) in [6, 6.07) is 8.82. The summed E-state index contributed by atoms with van der Waals surface area (Å²) in [6.45, 7) is 1.34. The molecule has 0 aromatic heterocycles. The van der Waals surface area contributed by atoms with Crippen LogP contribution in [0.2, 0.25) is 0 Å². The lowest BCUT2D eigenvalue weighted by Crippen LogP contribution is -2.62. The van der Waals surface area contributed by atoms with Crippen molar-refractivity contribution in [2.75, 3.05) is 7.05 Å². The van der Waals surface area contributed by atoms with Crippen LogP contribution in [0.3, 0.4) is 0 Å². The van der Waals surface area contributed by atoms with Crippen molar-refractivity contribution >= 4 is 5.91 Å². The van der Waals surface area contributed by atoms with Gasteiger partial charge < -0.3 is 4.90 Å². The van der Waals surface area contributed by atoms with Crippen LogP contribution in [-0.2, 0) is 4.79 Å². The van der Waals surface area contributed by atoms with Gasteiger partial charge in [-0.1, -0.05) is 30.3 Å². The first kappa shape index (κ1) is 9.19. The highest BCUT2D eigenvalue weighted by molar-refractivity contribution is 5.92. The zero-order valence-electron chi connectivity index (χ0n) is 8.20. The molecule has 2 rings (SSSR count). The van der Waals surface area contributed by atoms with E-state index in [1.54, 1.807) is 7.05 Å². The molecule has 1 aliphatic heterocycles. The summed E-state index contributed by atoms with van der Waals surface area (Å²) >= 11 is 0. The van der Waals surface area contributed by atoms with Gasteiger partial charge in [0.05, 0.1) is 6.04 Å². The number of carbonyl (C=O) groups excluding carboxylic acids is 1. The van der Waals surface area contributed by atoms with Gasteiger partial charge in [0.1, 0.15) is 0 Å². The fourth-order valence-corrected chi connectivity index (χ4v) is 2.05. The minimum atomic E-state index is -1.74. The number of rotatable bonds is 1. The van der Waals surface area contributed by atoms with Gasteiger partial charge in [-0.25, -0.2) is 4.39 Å². The van der Waals surface area contributed by atoms with E-state index in [0.29, 0.717) is 0 Å². The van der Waals surface area contributed by atoms with E-state index >= 15 is 0 Å². The molecule has 1 aliphatic rings. The Morgan fingerprint density at radius 2 is 1.93 bits per heavy atom. The van der Waals surface area contributed by atoms with E-state index in [2.05, 4.69) is 0 Å². The third-order valence-corrected chi connectivity index (χ3v) is 2.75. The summed E-state index contributed by atoms with van der Waals surface area (Å²) in [6.07, 6.45) is 0. The standard InChI is InChI=1S/C11H12FNO/c1-11(12)9(13(2)10(11)14)8-6-4-3-5-7-8/h3-7,9H,1-2H3/t9-,11+/m0/s1. The van der Waals surface area contributed by atoms with E-state index in [4.69, 9.17) is 0 Å². The number of nitrogens with zero attached hydrogens (tertiary/aromatic N) is 1. The zero-order chi connectivity index (χ0) is 10.3. The molecule has 0 saturated carbocycles. The predicted octanol–water partition coefficient (Wildman–Crippen LogP) is 1.93. The van der Waals surface area contributed by atoms with Crippen LogP contribution >= 0.6 is 0 Å². The Labute approximate surface area is 82.3 Å². The van der Waals surface area contributed by atoms with Crippen LogP contribution in [0.25, 0.3) is 0 Å². The molecule has 1 amide bonds. The second kappa shape index (κ2) is 2.80. The van der Waals surface area contributed by atoms with Crippen molar-refractivity contribution in [1.29, 1.82) is 0 Å². The molecular weight excluding hydrogens is 181 g/mol. The molecule has 0 N–H and O–H groups in total. The van der Waals surface area contributed by atoms with E-state index in [9.17, 15) is 9.18 Å². The summed E-state index contributed by atoms with van der Waals surface area (Å²) in [4.78, 5) is 12.7. The number of hydrogen-bond acceptors (Lipinski definition) is 1. The van der Waals surface area contributed by atoms with Crippen LogP contribution < -0.4 is 0 Å². The number of β-lactam (4-membered cyclic amide) rings is 1. The second-order valence-corrected chi connectivity index (χ2v) is 3.80. The third kappa shape index (κ3) is 1.05. The number of likely N-dealkylation sites (tertiary alicyclic amines) is 1. The minimum absolute atomic E-state index is 0.434. The largest absolute Gasteiger partial charge is 0.332 e. The summed E-state index contributed by atoms with van der Waals surface area (Å²) in [5, 5.41) is 0. The molecule has 2 atom stereocenters. The van der Waals surface area contributed by atoms with Gasteiger partial charge in [0, 0.05) is 7.05 Å². The normalized spacial score (nSPS) is 31.5. The maximum atomic E-state index is 13.8. The van der Waals surface area contributed by atoms with E-state index in [-0.39, 0.29) is 0 Å². The smallest absolute Gasteiger partial charge is 0.262 e. The van der Waals surface area contributed by atoms with Crippen LogP contribution in [0.15, 0.2) is 30.3 Å². The van der Waals surface area contributed by atoms with Gasteiger partial charge in [-0.15, -0.1) is 0 Å². The number of halogens is 1. The van der Waals surface area contributed by atoms with Gasteiger partial charge in [-0.3, -0.25) is 4.79 Å². The number of hydrogen-bond donors (Lipinski definition) is 0. The fourth-order valence-electron chi connectivity index (χ4n) is 2.05. The number of amides is 1. The monoisotopic (exact) mass is 193 g/mol. The molecule has 3 heteroatoms. The highest BCUT2D eigenvalue weighted by atomic mass is 19.1. The predicted molar refractivity (Wildman–Crippen MR) is 51.5 cm³/mol. The molecular formula is C11H12FNO.